The van der Waals surface area contributed by atoms with Gasteiger partial charge < -0.3 is 20.9 Å². The second kappa shape index (κ2) is 5.19. The standard InChI is InChI=1S/C15H18ClN5O2/c16-9-4-5-10-12(23-8-22-10)11(9)21-14(18)19-13(17)20-15(21)6-2-1-3-7-15/h4-5H,1-3,6-8H2,(H4,17,18,19,20). The highest BCUT2D eigenvalue weighted by atomic mass is 35.5. The maximum atomic E-state index is 6.48. The van der Waals surface area contributed by atoms with Crippen LogP contribution in [0.3, 0.4) is 0 Å². The molecule has 1 fully saturated rings. The molecule has 1 aromatic carbocycles. The Labute approximate surface area is 138 Å². The van der Waals surface area contributed by atoms with Crippen molar-refractivity contribution in [2.45, 2.75) is 37.8 Å². The van der Waals surface area contributed by atoms with Crippen LogP contribution in [0.5, 0.6) is 11.5 Å². The summed E-state index contributed by atoms with van der Waals surface area (Å²) in [6.07, 6.45) is 4.94. The summed E-state index contributed by atoms with van der Waals surface area (Å²) < 4.78 is 11.1. The van der Waals surface area contributed by atoms with Gasteiger partial charge in [-0.2, -0.15) is 4.99 Å². The Balaban J connectivity index is 1.90. The molecule has 0 saturated heterocycles. The molecule has 0 radical (unpaired) electrons. The summed E-state index contributed by atoms with van der Waals surface area (Å²) >= 11 is 6.48. The summed E-state index contributed by atoms with van der Waals surface area (Å²) in [5.74, 6) is 1.72. The Bertz CT molecular complexity index is 712. The number of ether oxygens (including phenoxy) is 2. The maximum Gasteiger partial charge on any atom is 0.231 e. The Morgan fingerprint density at radius 1 is 1.13 bits per heavy atom. The maximum absolute atomic E-state index is 6.48. The van der Waals surface area contributed by atoms with E-state index in [9.17, 15) is 0 Å². The molecule has 0 aromatic heterocycles. The minimum absolute atomic E-state index is 0.159. The highest BCUT2D eigenvalue weighted by Crippen LogP contribution is 2.50. The third-order valence-electron chi connectivity index (χ3n) is 4.54. The van der Waals surface area contributed by atoms with E-state index in [0.29, 0.717) is 22.2 Å². The highest BCUT2D eigenvalue weighted by Gasteiger charge is 2.45. The van der Waals surface area contributed by atoms with Gasteiger partial charge in [0.15, 0.2) is 11.5 Å². The van der Waals surface area contributed by atoms with E-state index in [0.717, 1.165) is 25.7 Å². The second-order valence-corrected chi connectivity index (χ2v) is 6.36. The number of anilines is 1. The number of rotatable bonds is 1. The van der Waals surface area contributed by atoms with Gasteiger partial charge in [0.05, 0.1) is 5.02 Å². The number of fused-ring (bicyclic) bond motifs is 1. The number of nitrogens with two attached hydrogens (primary N) is 2. The lowest BCUT2D eigenvalue weighted by atomic mass is 9.87. The molecule has 0 unspecified atom stereocenters. The molecule has 7 nitrogen and oxygen atoms in total. The Hall–Kier alpha value is -2.15. The zero-order chi connectivity index (χ0) is 16.0. The van der Waals surface area contributed by atoms with Crippen LogP contribution in [0.1, 0.15) is 32.1 Å². The van der Waals surface area contributed by atoms with Crippen molar-refractivity contribution in [3.63, 3.8) is 0 Å². The van der Waals surface area contributed by atoms with Gasteiger partial charge in [-0.1, -0.05) is 18.0 Å². The molecule has 0 bridgehead atoms. The minimum atomic E-state index is -0.557. The topological polar surface area (TPSA) is 98.5 Å². The van der Waals surface area contributed by atoms with Crippen molar-refractivity contribution in [2.24, 2.45) is 21.5 Å². The van der Waals surface area contributed by atoms with Gasteiger partial charge >= 0.3 is 0 Å². The molecular weight excluding hydrogens is 318 g/mol. The van der Waals surface area contributed by atoms with Gasteiger partial charge in [-0.05, 0) is 37.8 Å². The quantitative estimate of drug-likeness (QED) is 0.819. The number of aliphatic imine (C=N–C) groups is 2. The van der Waals surface area contributed by atoms with Crippen LogP contribution in [-0.4, -0.2) is 24.4 Å². The molecule has 1 spiro atoms. The van der Waals surface area contributed by atoms with E-state index in [1.807, 2.05) is 4.90 Å². The molecule has 0 amide bonds. The van der Waals surface area contributed by atoms with Crippen molar-refractivity contribution in [3.05, 3.63) is 17.2 Å². The van der Waals surface area contributed by atoms with Gasteiger partial charge in [-0.15, -0.1) is 0 Å². The molecule has 122 valence electrons. The molecule has 2 aliphatic heterocycles. The van der Waals surface area contributed by atoms with Crippen LogP contribution < -0.4 is 25.8 Å². The predicted octanol–water partition coefficient (Wildman–Crippen LogP) is 2.18. The molecular formula is C15H18ClN5O2. The summed E-state index contributed by atoms with van der Waals surface area (Å²) in [5.41, 5.74) is 12.2. The van der Waals surface area contributed by atoms with Crippen LogP contribution in [0.2, 0.25) is 5.02 Å². The summed E-state index contributed by atoms with van der Waals surface area (Å²) in [7, 11) is 0. The van der Waals surface area contributed by atoms with E-state index in [2.05, 4.69) is 9.98 Å². The highest BCUT2D eigenvalue weighted by molar-refractivity contribution is 6.34. The Kier molecular flexibility index (Phi) is 3.26. The average Bonchev–Trinajstić information content (AvgIpc) is 2.98. The summed E-state index contributed by atoms with van der Waals surface area (Å²) in [4.78, 5) is 10.7. The monoisotopic (exact) mass is 335 g/mol. The van der Waals surface area contributed by atoms with Crippen molar-refractivity contribution >= 4 is 29.2 Å². The number of guanidine groups is 2. The Morgan fingerprint density at radius 2 is 1.91 bits per heavy atom. The van der Waals surface area contributed by atoms with E-state index in [4.69, 9.17) is 32.5 Å². The van der Waals surface area contributed by atoms with Crippen LogP contribution in [0.25, 0.3) is 0 Å². The van der Waals surface area contributed by atoms with Crippen molar-refractivity contribution in [1.82, 2.24) is 0 Å². The number of hydrogen-bond donors (Lipinski definition) is 2. The fourth-order valence-corrected chi connectivity index (χ4v) is 3.82. The molecule has 4 N–H and O–H groups in total. The van der Waals surface area contributed by atoms with Crippen LogP contribution in [-0.2, 0) is 0 Å². The fourth-order valence-electron chi connectivity index (χ4n) is 3.59. The van der Waals surface area contributed by atoms with Crippen LogP contribution in [0.15, 0.2) is 22.1 Å². The second-order valence-electron chi connectivity index (χ2n) is 5.95. The van der Waals surface area contributed by atoms with Gasteiger partial charge in [-0.3, -0.25) is 4.90 Å². The first-order chi connectivity index (χ1) is 11.1. The molecule has 1 aliphatic carbocycles. The van der Waals surface area contributed by atoms with E-state index in [-0.39, 0.29) is 18.7 Å². The first-order valence-electron chi connectivity index (χ1n) is 7.68. The molecule has 4 rings (SSSR count). The van der Waals surface area contributed by atoms with Crippen LogP contribution >= 0.6 is 11.6 Å². The van der Waals surface area contributed by atoms with Crippen molar-refractivity contribution in [3.8, 4) is 11.5 Å². The number of hydrogen-bond acceptors (Lipinski definition) is 7. The lowest BCUT2D eigenvalue weighted by Crippen LogP contribution is -2.58. The normalized spacial score (nSPS) is 22.0. The SMILES string of the molecule is NC1=NC2(CCCCC2)N(c2c(Cl)ccc3c2OCO3)C(N)=N1. The van der Waals surface area contributed by atoms with E-state index in [1.54, 1.807) is 12.1 Å². The molecule has 1 aromatic rings. The lowest BCUT2D eigenvalue weighted by molar-refractivity contribution is 0.173. The van der Waals surface area contributed by atoms with Crippen molar-refractivity contribution in [2.75, 3.05) is 11.7 Å². The van der Waals surface area contributed by atoms with Gasteiger partial charge in [0.25, 0.3) is 0 Å². The summed E-state index contributed by atoms with van der Waals surface area (Å²) in [6, 6.07) is 3.56. The van der Waals surface area contributed by atoms with E-state index < -0.39 is 5.66 Å². The third kappa shape index (κ3) is 2.18. The first kappa shape index (κ1) is 14.4. The number of halogens is 1. The zero-order valence-corrected chi connectivity index (χ0v) is 13.3. The summed E-state index contributed by atoms with van der Waals surface area (Å²) in [5, 5.41) is 0.521. The molecule has 3 aliphatic rings. The fraction of sp³-hybridized carbons (Fsp3) is 0.467. The van der Waals surface area contributed by atoms with Gasteiger partial charge in [0, 0.05) is 0 Å². The molecule has 1 saturated carbocycles. The van der Waals surface area contributed by atoms with Crippen molar-refractivity contribution < 1.29 is 9.47 Å². The molecule has 0 atom stereocenters. The van der Waals surface area contributed by atoms with Gasteiger partial charge in [0.2, 0.25) is 18.7 Å². The van der Waals surface area contributed by atoms with E-state index in [1.165, 1.54) is 6.42 Å². The van der Waals surface area contributed by atoms with Crippen molar-refractivity contribution in [1.29, 1.82) is 0 Å². The first-order valence-corrected chi connectivity index (χ1v) is 8.06. The van der Waals surface area contributed by atoms with Crippen LogP contribution in [0.4, 0.5) is 5.69 Å². The lowest BCUT2D eigenvalue weighted by Gasteiger charge is -2.45. The number of benzene rings is 1. The minimum Gasteiger partial charge on any atom is -0.454 e. The molecule has 23 heavy (non-hydrogen) atoms. The predicted molar refractivity (Wildman–Crippen MR) is 89.1 cm³/mol. The van der Waals surface area contributed by atoms with Gasteiger partial charge in [0.1, 0.15) is 11.4 Å². The third-order valence-corrected chi connectivity index (χ3v) is 4.84. The van der Waals surface area contributed by atoms with Crippen LogP contribution in [0, 0.1) is 0 Å². The van der Waals surface area contributed by atoms with E-state index >= 15 is 0 Å². The number of nitrogens with zero attached hydrogens (tertiary/aromatic N) is 3. The van der Waals surface area contributed by atoms with Gasteiger partial charge in [-0.25, -0.2) is 4.99 Å². The summed E-state index contributed by atoms with van der Waals surface area (Å²) in [6.45, 7) is 0.159. The smallest absolute Gasteiger partial charge is 0.231 e. The largest absolute Gasteiger partial charge is 0.454 e. The zero-order valence-electron chi connectivity index (χ0n) is 12.6. The average molecular weight is 336 g/mol. The molecule has 8 heteroatoms. The Morgan fingerprint density at radius 3 is 2.70 bits per heavy atom. The molecule has 2 heterocycles.